The number of furan rings is 1. The number of aryl methyl sites for hydroxylation is 1. The molecule has 16 heavy (non-hydrogen) atoms. The summed E-state index contributed by atoms with van der Waals surface area (Å²) in [6, 6.07) is 3.54. The third kappa shape index (κ3) is 1.97. The van der Waals surface area contributed by atoms with Gasteiger partial charge in [0.1, 0.15) is 5.76 Å². The van der Waals surface area contributed by atoms with E-state index in [9.17, 15) is 4.79 Å². The van der Waals surface area contributed by atoms with Gasteiger partial charge in [0.2, 0.25) is 0 Å². The Morgan fingerprint density at radius 1 is 1.62 bits per heavy atom. The molecule has 1 atom stereocenters. The third-order valence-corrected chi connectivity index (χ3v) is 3.29. The van der Waals surface area contributed by atoms with Crippen LogP contribution in [0, 0.1) is 12.3 Å². The van der Waals surface area contributed by atoms with Crippen molar-refractivity contribution in [3.05, 3.63) is 23.7 Å². The van der Waals surface area contributed by atoms with Crippen molar-refractivity contribution in [2.45, 2.75) is 20.3 Å². The molecule has 0 aliphatic carbocycles. The Morgan fingerprint density at radius 3 is 2.88 bits per heavy atom. The Hall–Kier alpha value is -1.29. The number of nitrogens with zero attached hydrogens (tertiary/aromatic N) is 1. The van der Waals surface area contributed by atoms with E-state index in [2.05, 4.69) is 6.92 Å². The van der Waals surface area contributed by atoms with Gasteiger partial charge in [-0.3, -0.25) is 4.79 Å². The summed E-state index contributed by atoms with van der Waals surface area (Å²) < 4.78 is 5.34. The van der Waals surface area contributed by atoms with Crippen molar-refractivity contribution in [3.63, 3.8) is 0 Å². The molecule has 1 aliphatic rings. The van der Waals surface area contributed by atoms with Crippen LogP contribution in [0.15, 0.2) is 16.5 Å². The Bertz CT molecular complexity index is 399. The number of hydrogen-bond acceptors (Lipinski definition) is 3. The number of nitrogens with two attached hydrogens (primary N) is 1. The van der Waals surface area contributed by atoms with Crippen LogP contribution in [0.3, 0.4) is 0 Å². The lowest BCUT2D eigenvalue weighted by molar-refractivity contribution is 0.0744. The third-order valence-electron chi connectivity index (χ3n) is 3.29. The highest BCUT2D eigenvalue weighted by Crippen LogP contribution is 2.29. The predicted octanol–water partition coefficient (Wildman–Crippen LogP) is 1.40. The maximum Gasteiger partial charge on any atom is 0.289 e. The van der Waals surface area contributed by atoms with Crippen molar-refractivity contribution in [1.29, 1.82) is 0 Å². The van der Waals surface area contributed by atoms with Crippen LogP contribution in [0.4, 0.5) is 0 Å². The standard InChI is InChI=1S/C12H18N2O2/c1-9-3-4-10(16-9)11(15)14-6-5-12(2,7-13)8-14/h3-4H,5-8,13H2,1-2H3. The SMILES string of the molecule is Cc1ccc(C(=O)N2CCC(C)(CN)C2)o1. The summed E-state index contributed by atoms with van der Waals surface area (Å²) in [6.45, 7) is 6.07. The molecule has 4 heteroatoms. The summed E-state index contributed by atoms with van der Waals surface area (Å²) in [6.07, 6.45) is 0.967. The summed E-state index contributed by atoms with van der Waals surface area (Å²) in [5.41, 5.74) is 5.78. The van der Waals surface area contributed by atoms with Crippen molar-refractivity contribution >= 4 is 5.91 Å². The zero-order valence-electron chi connectivity index (χ0n) is 9.82. The first-order valence-electron chi connectivity index (χ1n) is 5.60. The lowest BCUT2D eigenvalue weighted by Crippen LogP contribution is -2.34. The number of amides is 1. The van der Waals surface area contributed by atoms with Gasteiger partial charge in [0.15, 0.2) is 5.76 Å². The highest BCUT2D eigenvalue weighted by molar-refractivity contribution is 5.91. The largest absolute Gasteiger partial charge is 0.456 e. The van der Waals surface area contributed by atoms with E-state index in [1.165, 1.54) is 0 Å². The molecule has 2 N–H and O–H groups in total. The number of carbonyl (C=O) groups excluding carboxylic acids is 1. The summed E-state index contributed by atoms with van der Waals surface area (Å²) in [5, 5.41) is 0. The van der Waals surface area contributed by atoms with Crippen molar-refractivity contribution in [2.24, 2.45) is 11.1 Å². The quantitative estimate of drug-likeness (QED) is 0.822. The van der Waals surface area contributed by atoms with Crippen LogP contribution >= 0.6 is 0 Å². The smallest absolute Gasteiger partial charge is 0.289 e. The molecule has 2 rings (SSSR count). The van der Waals surface area contributed by atoms with Gasteiger partial charge in [0.05, 0.1) is 0 Å². The van der Waals surface area contributed by atoms with Gasteiger partial charge in [-0.05, 0) is 37.4 Å². The molecule has 1 amide bonds. The number of hydrogen-bond donors (Lipinski definition) is 1. The Kier molecular flexibility index (Phi) is 2.76. The minimum Gasteiger partial charge on any atom is -0.456 e. The van der Waals surface area contributed by atoms with Gasteiger partial charge in [0.25, 0.3) is 5.91 Å². The Labute approximate surface area is 95.4 Å². The number of likely N-dealkylation sites (tertiary alicyclic amines) is 1. The van der Waals surface area contributed by atoms with Crippen LogP contribution in [0.1, 0.15) is 29.7 Å². The van der Waals surface area contributed by atoms with Gasteiger partial charge in [-0.15, -0.1) is 0 Å². The minimum atomic E-state index is -0.0229. The molecule has 1 aliphatic heterocycles. The molecule has 1 saturated heterocycles. The average molecular weight is 222 g/mol. The molecule has 1 unspecified atom stereocenters. The fourth-order valence-corrected chi connectivity index (χ4v) is 2.07. The normalized spacial score (nSPS) is 25.1. The average Bonchev–Trinajstić information content (AvgIpc) is 2.85. The lowest BCUT2D eigenvalue weighted by Gasteiger charge is -2.21. The molecular weight excluding hydrogens is 204 g/mol. The first kappa shape index (κ1) is 11.2. The molecule has 1 aromatic rings. The highest BCUT2D eigenvalue weighted by Gasteiger charge is 2.35. The van der Waals surface area contributed by atoms with E-state index in [1.807, 2.05) is 17.9 Å². The van der Waals surface area contributed by atoms with Gasteiger partial charge in [-0.1, -0.05) is 6.92 Å². The minimum absolute atomic E-state index is 0.0229. The van der Waals surface area contributed by atoms with Gasteiger partial charge in [0, 0.05) is 13.1 Å². The van der Waals surface area contributed by atoms with Crippen LogP contribution in [-0.2, 0) is 0 Å². The van der Waals surface area contributed by atoms with E-state index in [0.717, 1.165) is 25.3 Å². The second kappa shape index (κ2) is 3.94. The Balaban J connectivity index is 2.08. The Morgan fingerprint density at radius 2 is 2.38 bits per heavy atom. The van der Waals surface area contributed by atoms with E-state index in [4.69, 9.17) is 10.2 Å². The van der Waals surface area contributed by atoms with Crippen molar-refractivity contribution in [2.75, 3.05) is 19.6 Å². The van der Waals surface area contributed by atoms with Gasteiger partial charge < -0.3 is 15.1 Å². The molecule has 88 valence electrons. The van der Waals surface area contributed by atoms with Crippen LogP contribution in [-0.4, -0.2) is 30.4 Å². The zero-order valence-corrected chi connectivity index (χ0v) is 9.82. The van der Waals surface area contributed by atoms with E-state index < -0.39 is 0 Å². The van der Waals surface area contributed by atoms with Crippen LogP contribution in [0.25, 0.3) is 0 Å². The van der Waals surface area contributed by atoms with Crippen molar-refractivity contribution in [1.82, 2.24) is 4.90 Å². The molecule has 1 fully saturated rings. The van der Waals surface area contributed by atoms with E-state index in [0.29, 0.717) is 12.3 Å². The lowest BCUT2D eigenvalue weighted by atomic mass is 9.90. The first-order chi connectivity index (χ1) is 7.54. The molecular formula is C12H18N2O2. The van der Waals surface area contributed by atoms with Crippen LogP contribution in [0.2, 0.25) is 0 Å². The van der Waals surface area contributed by atoms with Crippen LogP contribution < -0.4 is 5.73 Å². The van der Waals surface area contributed by atoms with E-state index in [-0.39, 0.29) is 11.3 Å². The number of carbonyl (C=O) groups is 1. The van der Waals surface area contributed by atoms with Gasteiger partial charge in [-0.25, -0.2) is 0 Å². The van der Waals surface area contributed by atoms with Crippen LogP contribution in [0.5, 0.6) is 0 Å². The summed E-state index contributed by atoms with van der Waals surface area (Å²) in [4.78, 5) is 13.9. The molecule has 4 nitrogen and oxygen atoms in total. The first-order valence-corrected chi connectivity index (χ1v) is 5.60. The molecule has 0 spiro atoms. The topological polar surface area (TPSA) is 59.5 Å². The second-order valence-electron chi connectivity index (χ2n) is 4.90. The highest BCUT2D eigenvalue weighted by atomic mass is 16.3. The fourth-order valence-electron chi connectivity index (χ4n) is 2.07. The molecule has 0 saturated carbocycles. The van der Waals surface area contributed by atoms with E-state index >= 15 is 0 Å². The van der Waals surface area contributed by atoms with Crippen molar-refractivity contribution < 1.29 is 9.21 Å². The predicted molar refractivity (Wildman–Crippen MR) is 61.1 cm³/mol. The fraction of sp³-hybridized carbons (Fsp3) is 0.583. The molecule has 1 aromatic heterocycles. The van der Waals surface area contributed by atoms with Crippen molar-refractivity contribution in [3.8, 4) is 0 Å². The summed E-state index contributed by atoms with van der Waals surface area (Å²) in [5.74, 6) is 1.17. The summed E-state index contributed by atoms with van der Waals surface area (Å²) in [7, 11) is 0. The monoisotopic (exact) mass is 222 g/mol. The maximum absolute atomic E-state index is 12.1. The van der Waals surface area contributed by atoms with Gasteiger partial charge >= 0.3 is 0 Å². The second-order valence-corrected chi connectivity index (χ2v) is 4.90. The molecule has 0 radical (unpaired) electrons. The number of rotatable bonds is 2. The summed E-state index contributed by atoms with van der Waals surface area (Å²) >= 11 is 0. The van der Waals surface area contributed by atoms with Gasteiger partial charge in [-0.2, -0.15) is 0 Å². The molecule has 0 bridgehead atoms. The molecule has 0 aromatic carbocycles. The zero-order chi connectivity index (χ0) is 11.8. The maximum atomic E-state index is 12.1. The van der Waals surface area contributed by atoms with E-state index in [1.54, 1.807) is 6.07 Å². The molecule has 2 heterocycles.